The van der Waals surface area contributed by atoms with Gasteiger partial charge in [0.25, 0.3) is 11.5 Å². The molecule has 148 valence electrons. The number of ether oxygens (including phenoxy) is 2. The highest BCUT2D eigenvalue weighted by Gasteiger charge is 2.25. The average molecular weight is 393 g/mol. The lowest BCUT2D eigenvalue weighted by atomic mass is 10.1. The fourth-order valence-corrected chi connectivity index (χ4v) is 3.15. The number of H-pyrrole nitrogens is 1. The predicted molar refractivity (Wildman–Crippen MR) is 103 cm³/mol. The number of aromatic amines is 1. The second-order valence-corrected chi connectivity index (χ2v) is 6.44. The van der Waals surface area contributed by atoms with Crippen LogP contribution in [0.15, 0.2) is 47.7 Å². The van der Waals surface area contributed by atoms with Gasteiger partial charge >= 0.3 is 0 Å². The Labute approximate surface area is 166 Å². The molecule has 0 atom stereocenters. The molecule has 0 saturated carbocycles. The number of hydrogen-bond donors (Lipinski definition) is 1. The van der Waals surface area contributed by atoms with Crippen LogP contribution in [0.1, 0.15) is 11.3 Å². The van der Waals surface area contributed by atoms with E-state index in [1.807, 2.05) is 6.07 Å². The minimum absolute atomic E-state index is 0.140. The maximum Gasteiger partial charge on any atom is 0.260 e. The summed E-state index contributed by atoms with van der Waals surface area (Å²) in [6, 6.07) is 7.13. The molecule has 9 nitrogen and oxygen atoms in total. The molecule has 29 heavy (non-hydrogen) atoms. The van der Waals surface area contributed by atoms with E-state index in [1.54, 1.807) is 42.6 Å². The van der Waals surface area contributed by atoms with Crippen LogP contribution in [0.3, 0.4) is 0 Å². The van der Waals surface area contributed by atoms with Crippen molar-refractivity contribution in [3.8, 4) is 23.0 Å². The zero-order chi connectivity index (χ0) is 20.2. The molecule has 0 aliphatic carbocycles. The molecular weight excluding hydrogens is 374 g/mol. The molecule has 3 aromatic rings. The molecule has 4 rings (SSSR count). The maximum absolute atomic E-state index is 12.6. The van der Waals surface area contributed by atoms with E-state index in [0.717, 1.165) is 0 Å². The Balaban J connectivity index is 1.47. The van der Waals surface area contributed by atoms with Crippen molar-refractivity contribution in [2.75, 3.05) is 20.3 Å². The third-order valence-corrected chi connectivity index (χ3v) is 4.65. The highest BCUT2D eigenvalue weighted by atomic mass is 16.5. The fraction of sp³-hybridized carbons (Fsp3) is 0.250. The van der Waals surface area contributed by atoms with E-state index in [4.69, 9.17) is 9.47 Å². The number of fused-ring (bicyclic) bond motifs is 1. The second kappa shape index (κ2) is 8.09. The van der Waals surface area contributed by atoms with Crippen molar-refractivity contribution in [3.63, 3.8) is 0 Å². The van der Waals surface area contributed by atoms with Gasteiger partial charge in [0, 0.05) is 25.4 Å². The highest BCUT2D eigenvalue weighted by molar-refractivity contribution is 5.78. The van der Waals surface area contributed by atoms with Gasteiger partial charge in [-0.25, -0.2) is 9.97 Å². The van der Waals surface area contributed by atoms with E-state index in [1.165, 1.54) is 6.20 Å². The summed E-state index contributed by atoms with van der Waals surface area (Å²) in [5, 5.41) is 0. The van der Waals surface area contributed by atoms with Crippen LogP contribution in [0.2, 0.25) is 0 Å². The first-order valence-corrected chi connectivity index (χ1v) is 9.07. The van der Waals surface area contributed by atoms with E-state index in [0.29, 0.717) is 47.2 Å². The van der Waals surface area contributed by atoms with E-state index in [9.17, 15) is 9.59 Å². The molecule has 1 aromatic carbocycles. The number of amides is 1. The van der Waals surface area contributed by atoms with Crippen LogP contribution in [0.5, 0.6) is 11.5 Å². The van der Waals surface area contributed by atoms with Crippen molar-refractivity contribution in [3.05, 3.63) is 64.5 Å². The summed E-state index contributed by atoms with van der Waals surface area (Å²) < 4.78 is 10.8. The normalized spacial score (nSPS) is 12.9. The first kappa shape index (κ1) is 18.6. The summed E-state index contributed by atoms with van der Waals surface area (Å²) in [4.78, 5) is 42.1. The third kappa shape index (κ3) is 3.93. The maximum atomic E-state index is 12.6. The molecule has 0 bridgehead atoms. The van der Waals surface area contributed by atoms with Gasteiger partial charge in [0.05, 0.1) is 31.1 Å². The lowest BCUT2D eigenvalue weighted by Gasteiger charge is -2.27. The van der Waals surface area contributed by atoms with Crippen LogP contribution in [0.25, 0.3) is 11.5 Å². The summed E-state index contributed by atoms with van der Waals surface area (Å²) in [6.45, 7) is 0.503. The number of carbonyl (C=O) groups excluding carboxylic acids is 1. The van der Waals surface area contributed by atoms with Crippen LogP contribution < -0.4 is 15.0 Å². The molecule has 2 aromatic heterocycles. The van der Waals surface area contributed by atoms with Gasteiger partial charge in [-0.3, -0.25) is 14.6 Å². The van der Waals surface area contributed by atoms with Crippen molar-refractivity contribution in [1.82, 2.24) is 24.8 Å². The van der Waals surface area contributed by atoms with Crippen molar-refractivity contribution < 1.29 is 14.3 Å². The number of nitrogens with zero attached hydrogens (tertiary/aromatic N) is 4. The Morgan fingerprint density at radius 3 is 2.83 bits per heavy atom. The smallest absolute Gasteiger partial charge is 0.260 e. The van der Waals surface area contributed by atoms with Gasteiger partial charge in [-0.2, -0.15) is 0 Å². The molecule has 9 heteroatoms. The van der Waals surface area contributed by atoms with Crippen molar-refractivity contribution in [2.45, 2.75) is 13.0 Å². The molecular formula is C20H19N5O4. The van der Waals surface area contributed by atoms with E-state index in [2.05, 4.69) is 19.9 Å². The Morgan fingerprint density at radius 2 is 2.07 bits per heavy atom. The topological polar surface area (TPSA) is 110 Å². The predicted octanol–water partition coefficient (Wildman–Crippen LogP) is 1.20. The van der Waals surface area contributed by atoms with Gasteiger partial charge in [0.2, 0.25) is 0 Å². The summed E-state index contributed by atoms with van der Waals surface area (Å²) in [6.07, 6.45) is 5.11. The zero-order valence-corrected chi connectivity index (χ0v) is 15.8. The number of benzene rings is 1. The fourth-order valence-electron chi connectivity index (χ4n) is 3.15. The molecule has 1 N–H and O–H groups in total. The van der Waals surface area contributed by atoms with E-state index >= 15 is 0 Å². The Kier molecular flexibility index (Phi) is 5.19. The first-order chi connectivity index (χ1) is 14.2. The SMILES string of the molecule is COc1ccccc1OCC(=O)N1CCc2nc(-c3cnccn3)[nH]c(=O)c2C1. The van der Waals surface area contributed by atoms with Gasteiger partial charge in [-0.05, 0) is 12.1 Å². The minimum Gasteiger partial charge on any atom is -0.493 e. The largest absolute Gasteiger partial charge is 0.493 e. The number of aromatic nitrogens is 4. The monoisotopic (exact) mass is 393 g/mol. The molecule has 0 spiro atoms. The summed E-state index contributed by atoms with van der Waals surface area (Å²) >= 11 is 0. The highest BCUT2D eigenvalue weighted by Crippen LogP contribution is 2.26. The van der Waals surface area contributed by atoms with Crippen molar-refractivity contribution >= 4 is 5.91 Å². The van der Waals surface area contributed by atoms with Crippen LogP contribution in [0.4, 0.5) is 0 Å². The number of hydrogen-bond acceptors (Lipinski definition) is 7. The van der Waals surface area contributed by atoms with Crippen molar-refractivity contribution in [2.24, 2.45) is 0 Å². The van der Waals surface area contributed by atoms with Crippen LogP contribution in [-0.4, -0.2) is 51.0 Å². The molecule has 0 fully saturated rings. The Hall–Kier alpha value is -3.75. The summed E-state index contributed by atoms with van der Waals surface area (Å²) in [5.41, 5.74) is 1.37. The molecule has 0 saturated heterocycles. The number of nitrogens with one attached hydrogen (secondary N) is 1. The molecule has 1 aliphatic heterocycles. The summed E-state index contributed by atoms with van der Waals surface area (Å²) in [5.74, 6) is 1.22. The molecule has 0 unspecified atom stereocenters. The third-order valence-electron chi connectivity index (χ3n) is 4.65. The minimum atomic E-state index is -0.279. The average Bonchev–Trinajstić information content (AvgIpc) is 2.78. The number of para-hydroxylation sites is 2. The van der Waals surface area contributed by atoms with E-state index < -0.39 is 0 Å². The van der Waals surface area contributed by atoms with Crippen molar-refractivity contribution in [1.29, 1.82) is 0 Å². The first-order valence-electron chi connectivity index (χ1n) is 9.07. The lowest BCUT2D eigenvalue weighted by Crippen LogP contribution is -2.41. The molecule has 1 amide bonds. The van der Waals surface area contributed by atoms with Gasteiger partial charge < -0.3 is 19.4 Å². The molecule has 3 heterocycles. The number of methoxy groups -OCH3 is 1. The van der Waals surface area contributed by atoms with E-state index in [-0.39, 0.29) is 24.6 Å². The second-order valence-electron chi connectivity index (χ2n) is 6.44. The summed E-state index contributed by atoms with van der Waals surface area (Å²) in [7, 11) is 1.54. The molecule has 1 aliphatic rings. The van der Waals surface area contributed by atoms with Crippen LogP contribution in [0, 0.1) is 0 Å². The molecule has 0 radical (unpaired) electrons. The number of rotatable bonds is 5. The quantitative estimate of drug-likeness (QED) is 0.693. The standard InChI is InChI=1S/C20H19N5O4/c1-28-16-4-2-3-5-17(16)29-12-18(26)25-9-6-14-13(11-25)20(27)24-19(23-14)15-10-21-7-8-22-15/h2-5,7-8,10H,6,9,11-12H2,1H3,(H,23,24,27). The number of carbonyl (C=O) groups is 1. The zero-order valence-electron chi connectivity index (χ0n) is 15.8. The van der Waals surface area contributed by atoms with Gasteiger partial charge in [-0.15, -0.1) is 0 Å². The van der Waals surface area contributed by atoms with Gasteiger partial charge in [-0.1, -0.05) is 12.1 Å². The van der Waals surface area contributed by atoms with Gasteiger partial charge in [0.1, 0.15) is 5.69 Å². The van der Waals surface area contributed by atoms with Crippen LogP contribution >= 0.6 is 0 Å². The van der Waals surface area contributed by atoms with Crippen LogP contribution in [-0.2, 0) is 17.8 Å². The van der Waals surface area contributed by atoms with Gasteiger partial charge in [0.15, 0.2) is 23.9 Å². The Morgan fingerprint density at radius 1 is 1.24 bits per heavy atom. The lowest BCUT2D eigenvalue weighted by molar-refractivity contribution is -0.134. The Bertz CT molecular complexity index is 1080.